The summed E-state index contributed by atoms with van der Waals surface area (Å²) in [5.74, 6) is 0.299. The van der Waals surface area contributed by atoms with Crippen LogP contribution in [0.25, 0.3) is 0 Å². The number of carbonyl (C=O) groups is 1. The first-order valence-electron chi connectivity index (χ1n) is 3.90. The Hall–Kier alpha value is -0.970. The van der Waals surface area contributed by atoms with E-state index in [-0.39, 0.29) is 0 Å². The predicted octanol–water partition coefficient (Wildman–Crippen LogP) is 0.679. The molecule has 1 rings (SSSR count). The minimum atomic E-state index is -0.391. The highest BCUT2D eigenvalue weighted by atomic mass is 32.1. The van der Waals surface area contributed by atoms with E-state index in [0.29, 0.717) is 11.4 Å². The second-order valence-electron chi connectivity index (χ2n) is 2.64. The summed E-state index contributed by atoms with van der Waals surface area (Å²) >= 11 is 4.10. The van der Waals surface area contributed by atoms with Crippen molar-refractivity contribution in [2.75, 3.05) is 12.9 Å². The number of hydrogen-bond acceptors (Lipinski definition) is 4. The van der Waals surface area contributed by atoms with E-state index < -0.39 is 5.97 Å². The molecule has 4 nitrogen and oxygen atoms in total. The summed E-state index contributed by atoms with van der Waals surface area (Å²) in [6, 6.07) is 0. The van der Waals surface area contributed by atoms with Crippen molar-refractivity contribution in [2.24, 2.45) is 7.05 Å². The number of nitrogens with zero attached hydrogens (tertiary/aromatic N) is 2. The van der Waals surface area contributed by atoms with Crippen molar-refractivity contribution >= 4 is 18.6 Å². The summed E-state index contributed by atoms with van der Waals surface area (Å²) in [6.45, 7) is 0. The van der Waals surface area contributed by atoms with Gasteiger partial charge in [0, 0.05) is 18.8 Å². The minimum absolute atomic E-state index is 0.388. The fourth-order valence-electron chi connectivity index (χ4n) is 1.11. The van der Waals surface area contributed by atoms with Crippen LogP contribution >= 0.6 is 12.6 Å². The lowest BCUT2D eigenvalue weighted by Crippen LogP contribution is -2.06. The lowest BCUT2D eigenvalue weighted by molar-refractivity contribution is 0.0592. The van der Waals surface area contributed by atoms with Gasteiger partial charge in [0.05, 0.1) is 7.11 Å². The summed E-state index contributed by atoms with van der Waals surface area (Å²) < 4.78 is 6.20. The van der Waals surface area contributed by atoms with Gasteiger partial charge in [-0.2, -0.15) is 17.7 Å². The number of aryl methyl sites for hydroxylation is 2. The lowest BCUT2D eigenvalue weighted by Gasteiger charge is -1.96. The van der Waals surface area contributed by atoms with Gasteiger partial charge in [0.15, 0.2) is 5.69 Å². The molecule has 0 N–H and O–H groups in total. The standard InChI is InChI=1S/C8H12N2O2S/c1-10-5-6(3-4-13)7(9-10)8(11)12-2/h5,13H,3-4H2,1-2H3. The molecule has 0 radical (unpaired) electrons. The van der Waals surface area contributed by atoms with E-state index in [4.69, 9.17) is 0 Å². The molecular formula is C8H12N2O2S. The van der Waals surface area contributed by atoms with Crippen LogP contribution in [0.1, 0.15) is 16.1 Å². The maximum atomic E-state index is 11.2. The molecule has 0 amide bonds. The van der Waals surface area contributed by atoms with E-state index in [0.717, 1.165) is 12.0 Å². The summed E-state index contributed by atoms with van der Waals surface area (Å²) in [7, 11) is 3.12. The van der Waals surface area contributed by atoms with Crippen molar-refractivity contribution < 1.29 is 9.53 Å². The third-order valence-electron chi connectivity index (χ3n) is 1.66. The van der Waals surface area contributed by atoms with Gasteiger partial charge in [0.25, 0.3) is 0 Å². The van der Waals surface area contributed by atoms with E-state index in [9.17, 15) is 4.79 Å². The van der Waals surface area contributed by atoms with Crippen LogP contribution in [0, 0.1) is 0 Å². The van der Waals surface area contributed by atoms with Crippen LogP contribution in [0.4, 0.5) is 0 Å². The summed E-state index contributed by atoms with van der Waals surface area (Å²) in [5, 5.41) is 4.01. The molecule has 0 saturated heterocycles. The Kier molecular flexibility index (Phi) is 3.36. The maximum Gasteiger partial charge on any atom is 0.358 e. The van der Waals surface area contributed by atoms with Crippen LogP contribution in [-0.2, 0) is 18.2 Å². The first kappa shape index (κ1) is 10.1. The Morgan fingerprint density at radius 1 is 1.77 bits per heavy atom. The van der Waals surface area contributed by atoms with E-state index in [1.54, 1.807) is 11.7 Å². The van der Waals surface area contributed by atoms with Crippen molar-refractivity contribution in [1.82, 2.24) is 9.78 Å². The van der Waals surface area contributed by atoms with Crippen LogP contribution < -0.4 is 0 Å². The number of aromatic nitrogens is 2. The number of carbonyl (C=O) groups excluding carboxylic acids is 1. The molecule has 5 heteroatoms. The van der Waals surface area contributed by atoms with Gasteiger partial charge in [0.2, 0.25) is 0 Å². The largest absolute Gasteiger partial charge is 0.464 e. The molecule has 0 aliphatic carbocycles. The minimum Gasteiger partial charge on any atom is -0.464 e. The number of hydrogen-bond donors (Lipinski definition) is 1. The predicted molar refractivity (Wildman–Crippen MR) is 52.1 cm³/mol. The fourth-order valence-corrected chi connectivity index (χ4v) is 1.35. The van der Waals surface area contributed by atoms with Crippen LogP contribution in [0.3, 0.4) is 0 Å². The molecule has 1 heterocycles. The zero-order valence-corrected chi connectivity index (χ0v) is 8.54. The van der Waals surface area contributed by atoms with Crippen molar-refractivity contribution in [2.45, 2.75) is 6.42 Å². The third-order valence-corrected chi connectivity index (χ3v) is 1.89. The summed E-state index contributed by atoms with van der Waals surface area (Å²) in [4.78, 5) is 11.2. The quantitative estimate of drug-likeness (QED) is 0.576. The zero-order chi connectivity index (χ0) is 9.84. The van der Waals surface area contributed by atoms with Gasteiger partial charge in [-0.25, -0.2) is 4.79 Å². The zero-order valence-electron chi connectivity index (χ0n) is 7.65. The van der Waals surface area contributed by atoms with Crippen molar-refractivity contribution in [3.63, 3.8) is 0 Å². The first-order chi connectivity index (χ1) is 6.19. The van der Waals surface area contributed by atoms with Crippen molar-refractivity contribution in [1.29, 1.82) is 0 Å². The molecule has 0 saturated carbocycles. The Labute approximate surface area is 82.3 Å². The lowest BCUT2D eigenvalue weighted by atomic mass is 10.2. The average Bonchev–Trinajstić information content (AvgIpc) is 2.46. The highest BCUT2D eigenvalue weighted by Gasteiger charge is 2.15. The number of rotatable bonds is 3. The van der Waals surface area contributed by atoms with Crippen molar-refractivity contribution in [3.8, 4) is 0 Å². The SMILES string of the molecule is COC(=O)c1nn(C)cc1CCS. The molecule has 72 valence electrons. The molecule has 0 spiro atoms. The molecule has 0 unspecified atom stereocenters. The summed E-state index contributed by atoms with van der Waals surface area (Å²) in [6.07, 6.45) is 2.53. The van der Waals surface area contributed by atoms with Gasteiger partial charge in [-0.1, -0.05) is 0 Å². The molecule has 1 aromatic heterocycles. The number of methoxy groups -OCH3 is 1. The van der Waals surface area contributed by atoms with Crippen LogP contribution in [-0.4, -0.2) is 28.6 Å². The average molecular weight is 200 g/mol. The monoisotopic (exact) mass is 200 g/mol. The smallest absolute Gasteiger partial charge is 0.358 e. The number of thiol groups is 1. The molecule has 0 aromatic carbocycles. The second kappa shape index (κ2) is 4.32. The fraction of sp³-hybridized carbons (Fsp3) is 0.500. The molecule has 0 aliphatic heterocycles. The second-order valence-corrected chi connectivity index (χ2v) is 3.09. The van der Waals surface area contributed by atoms with E-state index >= 15 is 0 Å². The van der Waals surface area contributed by atoms with Gasteiger partial charge in [-0.15, -0.1) is 0 Å². The van der Waals surface area contributed by atoms with Gasteiger partial charge in [0.1, 0.15) is 0 Å². The molecule has 0 bridgehead atoms. The maximum absolute atomic E-state index is 11.2. The molecule has 1 aromatic rings. The molecule has 13 heavy (non-hydrogen) atoms. The van der Waals surface area contributed by atoms with Gasteiger partial charge < -0.3 is 4.74 Å². The van der Waals surface area contributed by atoms with Gasteiger partial charge >= 0.3 is 5.97 Å². The third kappa shape index (κ3) is 2.24. The Morgan fingerprint density at radius 3 is 3.00 bits per heavy atom. The Bertz CT molecular complexity index is 309. The van der Waals surface area contributed by atoms with Gasteiger partial charge in [-0.3, -0.25) is 4.68 Å². The first-order valence-corrected chi connectivity index (χ1v) is 4.54. The summed E-state index contributed by atoms with van der Waals surface area (Å²) in [5.41, 5.74) is 1.27. The Balaban J connectivity index is 2.96. The molecule has 0 aliphatic rings. The molecule has 0 atom stereocenters. The van der Waals surface area contributed by atoms with E-state index in [1.165, 1.54) is 7.11 Å². The van der Waals surface area contributed by atoms with Crippen LogP contribution in [0.15, 0.2) is 6.20 Å². The number of ether oxygens (including phenoxy) is 1. The Morgan fingerprint density at radius 2 is 2.46 bits per heavy atom. The molecular weight excluding hydrogens is 188 g/mol. The topological polar surface area (TPSA) is 44.1 Å². The van der Waals surface area contributed by atoms with Crippen LogP contribution in [0.2, 0.25) is 0 Å². The highest BCUT2D eigenvalue weighted by molar-refractivity contribution is 7.80. The number of esters is 1. The normalized spacial score (nSPS) is 10.1. The van der Waals surface area contributed by atoms with Crippen molar-refractivity contribution in [3.05, 3.63) is 17.5 Å². The van der Waals surface area contributed by atoms with E-state index in [2.05, 4.69) is 22.5 Å². The van der Waals surface area contributed by atoms with E-state index in [1.807, 2.05) is 6.20 Å². The van der Waals surface area contributed by atoms with Gasteiger partial charge in [-0.05, 0) is 12.2 Å². The highest BCUT2D eigenvalue weighted by Crippen LogP contribution is 2.08. The van der Waals surface area contributed by atoms with Crippen LogP contribution in [0.5, 0.6) is 0 Å². The molecule has 0 fully saturated rings.